The molecule has 0 rings (SSSR count). The maximum atomic E-state index is 3.41. The Kier molecular flexibility index (Phi) is 5.82. The van der Waals surface area contributed by atoms with Crippen molar-refractivity contribution in [3.8, 4) is 11.8 Å². The molecule has 1 N–H and O–H groups in total. The minimum Gasteiger partial charge on any atom is -0.314 e. The van der Waals surface area contributed by atoms with Crippen molar-refractivity contribution in [3.63, 3.8) is 0 Å². The van der Waals surface area contributed by atoms with Crippen molar-refractivity contribution in [1.82, 2.24) is 5.32 Å². The minimum absolute atomic E-state index is 0.150. The van der Waals surface area contributed by atoms with Gasteiger partial charge in [0.1, 0.15) is 0 Å². The molecule has 76 valence electrons. The monoisotopic (exact) mass is 181 g/mol. The molecule has 0 saturated carbocycles. The van der Waals surface area contributed by atoms with E-state index in [9.17, 15) is 0 Å². The van der Waals surface area contributed by atoms with Crippen molar-refractivity contribution in [3.05, 3.63) is 0 Å². The van der Waals surface area contributed by atoms with Gasteiger partial charge in [0.2, 0.25) is 0 Å². The van der Waals surface area contributed by atoms with E-state index in [4.69, 9.17) is 0 Å². The quantitative estimate of drug-likeness (QED) is 0.658. The van der Waals surface area contributed by atoms with Gasteiger partial charge in [0, 0.05) is 17.9 Å². The summed E-state index contributed by atoms with van der Waals surface area (Å²) in [6, 6.07) is 0.561. The fraction of sp³-hybridized carbons (Fsp3) is 0.833. The van der Waals surface area contributed by atoms with Gasteiger partial charge in [0.05, 0.1) is 0 Å². The molecule has 0 aliphatic rings. The maximum Gasteiger partial charge on any atom is 0.0273 e. The van der Waals surface area contributed by atoms with Gasteiger partial charge in [-0.3, -0.25) is 0 Å². The molecular weight excluding hydrogens is 158 g/mol. The molecule has 0 aromatic heterocycles. The third-order valence-electron chi connectivity index (χ3n) is 1.97. The molecule has 1 atom stereocenters. The number of hydrogen-bond acceptors (Lipinski definition) is 1. The molecule has 0 heterocycles. The molecule has 0 aliphatic carbocycles. The van der Waals surface area contributed by atoms with Gasteiger partial charge in [0.15, 0.2) is 0 Å². The molecule has 0 aromatic carbocycles. The molecule has 1 unspecified atom stereocenters. The van der Waals surface area contributed by atoms with E-state index in [1.165, 1.54) is 0 Å². The highest BCUT2D eigenvalue weighted by Gasteiger charge is 2.17. The normalized spacial score (nSPS) is 13.3. The van der Waals surface area contributed by atoms with E-state index in [1.807, 2.05) is 0 Å². The van der Waals surface area contributed by atoms with E-state index < -0.39 is 0 Å². The Morgan fingerprint density at radius 1 is 1.31 bits per heavy atom. The van der Waals surface area contributed by atoms with E-state index in [0.717, 1.165) is 19.4 Å². The van der Waals surface area contributed by atoms with Crippen LogP contribution in [-0.4, -0.2) is 12.6 Å². The second kappa shape index (κ2) is 6.05. The molecule has 0 spiro atoms. The van der Waals surface area contributed by atoms with E-state index in [0.29, 0.717) is 6.04 Å². The van der Waals surface area contributed by atoms with Crippen LogP contribution in [0.3, 0.4) is 0 Å². The van der Waals surface area contributed by atoms with Crippen LogP contribution in [0.2, 0.25) is 0 Å². The molecule has 13 heavy (non-hydrogen) atoms. The van der Waals surface area contributed by atoms with Crippen LogP contribution in [0.25, 0.3) is 0 Å². The van der Waals surface area contributed by atoms with Gasteiger partial charge in [-0.15, -0.1) is 5.92 Å². The topological polar surface area (TPSA) is 12.0 Å². The molecule has 1 nitrogen and oxygen atoms in total. The van der Waals surface area contributed by atoms with Crippen LogP contribution >= 0.6 is 0 Å². The predicted molar refractivity (Wildman–Crippen MR) is 59.6 cm³/mol. The van der Waals surface area contributed by atoms with Crippen LogP contribution in [0.15, 0.2) is 0 Å². The lowest BCUT2D eigenvalue weighted by molar-refractivity contribution is 0.378. The summed E-state index contributed by atoms with van der Waals surface area (Å²) in [5.41, 5.74) is 0.150. The Labute approximate surface area is 83.3 Å². The zero-order valence-electron chi connectivity index (χ0n) is 9.70. The Balaban J connectivity index is 4.00. The van der Waals surface area contributed by atoms with Gasteiger partial charge >= 0.3 is 0 Å². The number of nitrogens with one attached hydrogen (secondary N) is 1. The van der Waals surface area contributed by atoms with Crippen molar-refractivity contribution in [2.45, 2.75) is 53.5 Å². The molecule has 0 amide bonds. The van der Waals surface area contributed by atoms with Crippen LogP contribution in [-0.2, 0) is 0 Å². The van der Waals surface area contributed by atoms with E-state index in [1.54, 1.807) is 0 Å². The molecule has 0 aliphatic heterocycles. The molecule has 0 bridgehead atoms. The smallest absolute Gasteiger partial charge is 0.0273 e. The highest BCUT2D eigenvalue weighted by molar-refractivity contribution is 5.08. The van der Waals surface area contributed by atoms with Crippen molar-refractivity contribution >= 4 is 0 Å². The molecule has 0 radical (unpaired) electrons. The first-order chi connectivity index (χ1) is 6.02. The Morgan fingerprint density at radius 2 is 1.92 bits per heavy atom. The van der Waals surface area contributed by atoms with Gasteiger partial charge in [-0.1, -0.05) is 19.8 Å². The van der Waals surface area contributed by atoms with Gasteiger partial charge in [0.25, 0.3) is 0 Å². The predicted octanol–water partition coefficient (Wildman–Crippen LogP) is 2.81. The Bertz CT molecular complexity index is 183. The number of hydrogen-bond donors (Lipinski definition) is 1. The van der Waals surface area contributed by atoms with E-state index in [-0.39, 0.29) is 5.41 Å². The van der Waals surface area contributed by atoms with E-state index in [2.05, 4.69) is 51.8 Å². The summed E-state index contributed by atoms with van der Waals surface area (Å²) in [6.45, 7) is 11.9. The van der Waals surface area contributed by atoms with Crippen LogP contribution in [0.4, 0.5) is 0 Å². The fourth-order valence-electron chi connectivity index (χ4n) is 1.56. The second-order valence-electron chi connectivity index (χ2n) is 4.20. The summed E-state index contributed by atoms with van der Waals surface area (Å²) >= 11 is 0. The third kappa shape index (κ3) is 6.66. The summed E-state index contributed by atoms with van der Waals surface area (Å²) in [4.78, 5) is 0. The largest absolute Gasteiger partial charge is 0.314 e. The Morgan fingerprint density at radius 3 is 2.38 bits per heavy atom. The first-order valence-corrected chi connectivity index (χ1v) is 5.25. The second-order valence-corrected chi connectivity index (χ2v) is 4.20. The summed E-state index contributed by atoms with van der Waals surface area (Å²) in [5, 5.41) is 3.41. The lowest BCUT2D eigenvalue weighted by Gasteiger charge is -2.22. The molecule has 0 aromatic rings. The molecule has 0 saturated heterocycles. The average molecular weight is 181 g/mol. The van der Waals surface area contributed by atoms with Crippen LogP contribution < -0.4 is 5.32 Å². The standard InChI is InChI=1S/C12H23N/c1-6-8-9-12(4,5)10-11(3)13-7-2/h11,13H,6-7,10H2,1-5H3. The van der Waals surface area contributed by atoms with Gasteiger partial charge in [-0.05, 0) is 33.7 Å². The fourth-order valence-corrected chi connectivity index (χ4v) is 1.56. The zero-order chi connectivity index (χ0) is 10.3. The summed E-state index contributed by atoms with van der Waals surface area (Å²) in [5.74, 6) is 6.47. The van der Waals surface area contributed by atoms with Crippen molar-refractivity contribution in [2.75, 3.05) is 6.54 Å². The molecule has 1 heteroatoms. The van der Waals surface area contributed by atoms with Crippen LogP contribution in [0.1, 0.15) is 47.5 Å². The summed E-state index contributed by atoms with van der Waals surface area (Å²) in [6.07, 6.45) is 2.08. The van der Waals surface area contributed by atoms with Gasteiger partial charge in [-0.2, -0.15) is 0 Å². The minimum atomic E-state index is 0.150. The first-order valence-electron chi connectivity index (χ1n) is 5.25. The third-order valence-corrected chi connectivity index (χ3v) is 1.97. The highest BCUT2D eigenvalue weighted by Crippen LogP contribution is 2.20. The zero-order valence-corrected chi connectivity index (χ0v) is 9.70. The maximum absolute atomic E-state index is 3.41. The van der Waals surface area contributed by atoms with E-state index >= 15 is 0 Å². The summed E-state index contributed by atoms with van der Waals surface area (Å²) in [7, 11) is 0. The van der Waals surface area contributed by atoms with Crippen molar-refractivity contribution in [1.29, 1.82) is 0 Å². The Hall–Kier alpha value is -0.480. The SMILES string of the molecule is CCC#CC(C)(C)CC(C)NCC. The molecular formula is C12H23N. The van der Waals surface area contributed by atoms with Gasteiger partial charge in [-0.25, -0.2) is 0 Å². The van der Waals surface area contributed by atoms with Gasteiger partial charge < -0.3 is 5.32 Å². The lowest BCUT2D eigenvalue weighted by Crippen LogP contribution is -2.30. The average Bonchev–Trinajstić information content (AvgIpc) is 2.00. The van der Waals surface area contributed by atoms with Crippen molar-refractivity contribution < 1.29 is 0 Å². The summed E-state index contributed by atoms with van der Waals surface area (Å²) < 4.78 is 0. The molecule has 0 fully saturated rings. The highest BCUT2D eigenvalue weighted by atomic mass is 14.9. The number of rotatable bonds is 4. The lowest BCUT2D eigenvalue weighted by atomic mass is 9.87. The van der Waals surface area contributed by atoms with Crippen LogP contribution in [0.5, 0.6) is 0 Å². The van der Waals surface area contributed by atoms with Crippen LogP contribution in [0, 0.1) is 17.3 Å². The van der Waals surface area contributed by atoms with Crippen molar-refractivity contribution in [2.24, 2.45) is 5.41 Å². The first kappa shape index (κ1) is 12.5.